The highest BCUT2D eigenvalue weighted by molar-refractivity contribution is 4.96. The zero-order chi connectivity index (χ0) is 11.7. The third-order valence-electron chi connectivity index (χ3n) is 2.98. The first kappa shape index (κ1) is 12.8. The van der Waals surface area contributed by atoms with Crippen LogP contribution in [0, 0.1) is 0 Å². The van der Waals surface area contributed by atoms with Crippen molar-refractivity contribution >= 4 is 0 Å². The summed E-state index contributed by atoms with van der Waals surface area (Å²) < 4.78 is 36.8. The lowest BCUT2D eigenvalue weighted by Gasteiger charge is -2.43. The molecule has 0 aromatic rings. The minimum absolute atomic E-state index is 0.118. The van der Waals surface area contributed by atoms with Gasteiger partial charge >= 0.3 is 6.18 Å². The Kier molecular flexibility index (Phi) is 3.66. The van der Waals surface area contributed by atoms with Gasteiger partial charge in [0.25, 0.3) is 0 Å². The lowest BCUT2D eigenvalue weighted by molar-refractivity contribution is -0.152. The lowest BCUT2D eigenvalue weighted by Crippen LogP contribution is -2.57. The first-order chi connectivity index (χ1) is 6.72. The quantitative estimate of drug-likeness (QED) is 0.792. The second kappa shape index (κ2) is 4.29. The van der Waals surface area contributed by atoms with Crippen molar-refractivity contribution in [3.8, 4) is 0 Å². The van der Waals surface area contributed by atoms with Gasteiger partial charge in [0.05, 0.1) is 6.54 Å². The molecule has 0 amide bonds. The van der Waals surface area contributed by atoms with Crippen LogP contribution in [0.2, 0.25) is 0 Å². The molecule has 1 aliphatic carbocycles. The second-order valence-corrected chi connectivity index (χ2v) is 4.83. The molecule has 1 fully saturated rings. The van der Waals surface area contributed by atoms with Crippen LogP contribution in [0.4, 0.5) is 13.2 Å². The van der Waals surface area contributed by atoms with Crippen LogP contribution in [-0.2, 0) is 0 Å². The number of halogens is 3. The lowest BCUT2D eigenvalue weighted by atomic mass is 9.77. The van der Waals surface area contributed by atoms with E-state index in [0.29, 0.717) is 6.54 Å². The van der Waals surface area contributed by atoms with Gasteiger partial charge in [0.1, 0.15) is 0 Å². The Hall–Kier alpha value is -0.290. The van der Waals surface area contributed by atoms with E-state index in [2.05, 4.69) is 0 Å². The molecule has 90 valence electrons. The average Bonchev–Trinajstić information content (AvgIpc) is 1.97. The van der Waals surface area contributed by atoms with E-state index in [1.807, 2.05) is 0 Å². The Labute approximate surface area is 88.6 Å². The molecule has 1 saturated carbocycles. The predicted molar refractivity (Wildman–Crippen MR) is 53.5 cm³/mol. The van der Waals surface area contributed by atoms with Gasteiger partial charge in [-0.3, -0.25) is 4.90 Å². The van der Waals surface area contributed by atoms with Crippen molar-refractivity contribution in [3.05, 3.63) is 0 Å². The number of alkyl halides is 3. The van der Waals surface area contributed by atoms with Gasteiger partial charge in [0.2, 0.25) is 0 Å². The van der Waals surface area contributed by atoms with E-state index in [1.54, 1.807) is 13.8 Å². The predicted octanol–water partition coefficient (Wildman–Crippen LogP) is 2.14. The topological polar surface area (TPSA) is 29.3 Å². The van der Waals surface area contributed by atoms with Crippen LogP contribution in [0.5, 0.6) is 0 Å². The van der Waals surface area contributed by atoms with Crippen molar-refractivity contribution in [3.63, 3.8) is 0 Å². The largest absolute Gasteiger partial charge is 0.401 e. The standard InChI is InChI=1S/C10H19F3N2/c1-8(2)15(7-10(11,12)13)6-9(14)4-3-5-9/h8H,3-7,14H2,1-2H3. The van der Waals surface area contributed by atoms with Crippen molar-refractivity contribution in [2.75, 3.05) is 13.1 Å². The van der Waals surface area contributed by atoms with E-state index in [1.165, 1.54) is 4.90 Å². The zero-order valence-electron chi connectivity index (χ0n) is 9.27. The molecule has 0 spiro atoms. The first-order valence-electron chi connectivity index (χ1n) is 5.32. The van der Waals surface area contributed by atoms with Gasteiger partial charge in [0, 0.05) is 18.1 Å². The van der Waals surface area contributed by atoms with Crippen LogP contribution in [0.25, 0.3) is 0 Å². The van der Waals surface area contributed by atoms with Crippen molar-refractivity contribution in [2.24, 2.45) is 5.73 Å². The van der Waals surface area contributed by atoms with Crippen molar-refractivity contribution < 1.29 is 13.2 Å². The fourth-order valence-corrected chi connectivity index (χ4v) is 1.84. The van der Waals surface area contributed by atoms with Crippen LogP contribution >= 0.6 is 0 Å². The number of hydrogen-bond acceptors (Lipinski definition) is 2. The molecule has 0 atom stereocenters. The molecular weight excluding hydrogens is 205 g/mol. The highest BCUT2D eigenvalue weighted by Crippen LogP contribution is 2.31. The molecule has 0 aliphatic heterocycles. The Morgan fingerprint density at radius 3 is 2.13 bits per heavy atom. The molecule has 5 heteroatoms. The molecule has 0 radical (unpaired) electrons. The van der Waals surface area contributed by atoms with Crippen LogP contribution in [0.15, 0.2) is 0 Å². The molecule has 0 heterocycles. The molecule has 1 rings (SSSR count). The maximum Gasteiger partial charge on any atom is 0.401 e. The smallest absolute Gasteiger partial charge is 0.324 e. The fraction of sp³-hybridized carbons (Fsp3) is 1.00. The third kappa shape index (κ3) is 3.99. The molecule has 0 aromatic heterocycles. The number of rotatable bonds is 4. The molecule has 0 unspecified atom stereocenters. The number of nitrogens with two attached hydrogens (primary N) is 1. The van der Waals surface area contributed by atoms with Crippen molar-refractivity contribution in [1.29, 1.82) is 0 Å². The van der Waals surface area contributed by atoms with Gasteiger partial charge in [-0.15, -0.1) is 0 Å². The summed E-state index contributed by atoms with van der Waals surface area (Å²) in [6.45, 7) is 3.04. The van der Waals surface area contributed by atoms with Gasteiger partial charge < -0.3 is 5.73 Å². The Morgan fingerprint density at radius 2 is 1.87 bits per heavy atom. The summed E-state index contributed by atoms with van der Waals surface area (Å²) in [5, 5.41) is 0. The zero-order valence-corrected chi connectivity index (χ0v) is 9.27. The summed E-state index contributed by atoms with van der Waals surface area (Å²) in [7, 11) is 0. The van der Waals surface area contributed by atoms with Crippen LogP contribution in [-0.4, -0.2) is 35.7 Å². The van der Waals surface area contributed by atoms with E-state index >= 15 is 0 Å². The summed E-state index contributed by atoms with van der Waals surface area (Å²) in [4.78, 5) is 1.42. The van der Waals surface area contributed by atoms with E-state index in [-0.39, 0.29) is 11.6 Å². The summed E-state index contributed by atoms with van der Waals surface area (Å²) >= 11 is 0. The summed E-state index contributed by atoms with van der Waals surface area (Å²) in [6, 6.07) is -0.118. The number of hydrogen-bond donors (Lipinski definition) is 1. The molecule has 0 saturated heterocycles. The van der Waals surface area contributed by atoms with E-state index in [0.717, 1.165) is 19.3 Å². The molecule has 15 heavy (non-hydrogen) atoms. The minimum atomic E-state index is -4.13. The average molecular weight is 224 g/mol. The first-order valence-corrected chi connectivity index (χ1v) is 5.32. The molecule has 2 nitrogen and oxygen atoms in total. The normalized spacial score (nSPS) is 20.8. The summed E-state index contributed by atoms with van der Waals surface area (Å²) in [5.74, 6) is 0. The molecule has 2 N–H and O–H groups in total. The van der Waals surface area contributed by atoms with Crippen molar-refractivity contribution in [1.82, 2.24) is 4.90 Å². The van der Waals surface area contributed by atoms with Gasteiger partial charge in [-0.05, 0) is 33.1 Å². The van der Waals surface area contributed by atoms with Crippen molar-refractivity contribution in [2.45, 2.75) is 50.9 Å². The fourth-order valence-electron chi connectivity index (χ4n) is 1.84. The highest BCUT2D eigenvalue weighted by Gasteiger charge is 2.38. The Balaban J connectivity index is 2.51. The van der Waals surface area contributed by atoms with Gasteiger partial charge in [0.15, 0.2) is 0 Å². The van der Waals surface area contributed by atoms with Crippen LogP contribution in [0.1, 0.15) is 33.1 Å². The van der Waals surface area contributed by atoms with Crippen LogP contribution in [0.3, 0.4) is 0 Å². The summed E-state index contributed by atoms with van der Waals surface area (Å²) in [5.41, 5.74) is 5.57. The monoisotopic (exact) mass is 224 g/mol. The van der Waals surface area contributed by atoms with Gasteiger partial charge in [-0.2, -0.15) is 13.2 Å². The summed E-state index contributed by atoms with van der Waals surface area (Å²) in [6.07, 6.45) is -1.42. The maximum atomic E-state index is 12.3. The van der Waals surface area contributed by atoms with Gasteiger partial charge in [-0.1, -0.05) is 0 Å². The maximum absolute atomic E-state index is 12.3. The van der Waals surface area contributed by atoms with Gasteiger partial charge in [-0.25, -0.2) is 0 Å². The third-order valence-corrected chi connectivity index (χ3v) is 2.98. The Morgan fingerprint density at radius 1 is 1.33 bits per heavy atom. The Bertz CT molecular complexity index is 209. The number of nitrogens with zero attached hydrogens (tertiary/aromatic N) is 1. The van der Waals surface area contributed by atoms with E-state index < -0.39 is 12.7 Å². The van der Waals surface area contributed by atoms with E-state index in [4.69, 9.17) is 5.73 Å². The highest BCUT2D eigenvalue weighted by atomic mass is 19.4. The molecule has 1 aliphatic rings. The SMILES string of the molecule is CC(C)N(CC(F)(F)F)CC1(N)CCC1. The minimum Gasteiger partial charge on any atom is -0.324 e. The molecule has 0 aromatic carbocycles. The molecular formula is C10H19F3N2. The van der Waals surface area contributed by atoms with E-state index in [9.17, 15) is 13.2 Å². The second-order valence-electron chi connectivity index (χ2n) is 4.83. The molecule has 0 bridgehead atoms. The van der Waals surface area contributed by atoms with Crippen LogP contribution < -0.4 is 5.73 Å².